The molecule has 29 heavy (non-hydrogen) atoms. The van der Waals surface area contributed by atoms with Crippen molar-refractivity contribution in [3.05, 3.63) is 48.3 Å². The number of carbonyl (C=O) groups is 4. The van der Waals surface area contributed by atoms with Crippen molar-refractivity contribution in [2.24, 2.45) is 11.3 Å². The second kappa shape index (κ2) is 11.0. The molecule has 0 radical (unpaired) electrons. The Morgan fingerprint density at radius 2 is 1.45 bits per heavy atom. The standard InChI is InChI=1S/C11H14O4.C10H12O4/c1-4-14-10(13)11(2,3)9(12)8-6-5-7-15-8;1-3-13-10(12)7(2)9(11)8-5-4-6-14-8/h5-7H,4H2,1-3H3;4-7H,3H2,1-2H3. The molecule has 8 heteroatoms. The molecule has 0 amide bonds. The van der Waals surface area contributed by atoms with Gasteiger partial charge in [0.05, 0.1) is 25.7 Å². The molecule has 0 spiro atoms. The first-order chi connectivity index (χ1) is 13.7. The van der Waals surface area contributed by atoms with Gasteiger partial charge in [-0.2, -0.15) is 0 Å². The minimum atomic E-state index is -1.20. The van der Waals surface area contributed by atoms with E-state index in [2.05, 4.69) is 0 Å². The topological polar surface area (TPSA) is 113 Å². The second-order valence-electron chi connectivity index (χ2n) is 6.47. The van der Waals surface area contributed by atoms with Gasteiger partial charge in [0.1, 0.15) is 11.3 Å². The van der Waals surface area contributed by atoms with E-state index >= 15 is 0 Å². The number of furan rings is 2. The van der Waals surface area contributed by atoms with Crippen molar-refractivity contribution in [1.82, 2.24) is 0 Å². The summed E-state index contributed by atoms with van der Waals surface area (Å²) in [5.41, 5.74) is -1.20. The molecule has 2 aromatic rings. The highest BCUT2D eigenvalue weighted by atomic mass is 16.5. The third-order valence-corrected chi connectivity index (χ3v) is 3.90. The van der Waals surface area contributed by atoms with Crippen LogP contribution in [0.15, 0.2) is 45.6 Å². The zero-order chi connectivity index (χ0) is 22.0. The molecule has 1 unspecified atom stereocenters. The van der Waals surface area contributed by atoms with E-state index in [-0.39, 0.29) is 36.3 Å². The summed E-state index contributed by atoms with van der Waals surface area (Å²) in [6.07, 6.45) is 2.79. The highest BCUT2D eigenvalue weighted by molar-refractivity contribution is 6.10. The number of hydrogen-bond donors (Lipinski definition) is 0. The monoisotopic (exact) mass is 406 g/mol. The van der Waals surface area contributed by atoms with E-state index < -0.39 is 23.3 Å². The van der Waals surface area contributed by atoms with Gasteiger partial charge in [0, 0.05) is 0 Å². The zero-order valence-corrected chi connectivity index (χ0v) is 17.2. The lowest BCUT2D eigenvalue weighted by atomic mass is 9.87. The highest BCUT2D eigenvalue weighted by Gasteiger charge is 2.39. The van der Waals surface area contributed by atoms with Crippen LogP contribution in [0, 0.1) is 11.3 Å². The molecule has 0 aliphatic heterocycles. The molecule has 0 fully saturated rings. The lowest BCUT2D eigenvalue weighted by molar-refractivity contribution is -0.150. The van der Waals surface area contributed by atoms with Crippen LogP contribution >= 0.6 is 0 Å². The maximum Gasteiger partial charge on any atom is 0.319 e. The molecule has 0 bridgehead atoms. The van der Waals surface area contributed by atoms with Crippen LogP contribution in [0.4, 0.5) is 0 Å². The summed E-state index contributed by atoms with van der Waals surface area (Å²) < 4.78 is 19.4. The quantitative estimate of drug-likeness (QED) is 0.370. The van der Waals surface area contributed by atoms with Crippen LogP contribution in [-0.4, -0.2) is 36.7 Å². The predicted octanol–water partition coefficient (Wildman–Crippen LogP) is 3.71. The van der Waals surface area contributed by atoms with Gasteiger partial charge in [0.15, 0.2) is 11.5 Å². The van der Waals surface area contributed by atoms with E-state index in [1.165, 1.54) is 45.4 Å². The van der Waals surface area contributed by atoms with E-state index in [9.17, 15) is 19.2 Å². The summed E-state index contributed by atoms with van der Waals surface area (Å²) in [7, 11) is 0. The Labute approximate surface area is 169 Å². The molecule has 0 aliphatic rings. The lowest BCUT2D eigenvalue weighted by Gasteiger charge is -2.19. The average Bonchev–Trinajstić information content (AvgIpc) is 3.40. The van der Waals surface area contributed by atoms with E-state index in [1.807, 2.05) is 0 Å². The molecule has 2 heterocycles. The number of hydrogen-bond acceptors (Lipinski definition) is 8. The van der Waals surface area contributed by atoms with Gasteiger partial charge < -0.3 is 18.3 Å². The fourth-order valence-corrected chi connectivity index (χ4v) is 2.13. The van der Waals surface area contributed by atoms with Crippen molar-refractivity contribution in [1.29, 1.82) is 0 Å². The largest absolute Gasteiger partial charge is 0.465 e. The minimum Gasteiger partial charge on any atom is -0.465 e. The summed E-state index contributed by atoms with van der Waals surface area (Å²) in [6.45, 7) is 8.48. The van der Waals surface area contributed by atoms with Crippen molar-refractivity contribution in [2.45, 2.75) is 34.6 Å². The van der Waals surface area contributed by atoms with Crippen molar-refractivity contribution < 1.29 is 37.5 Å². The summed E-state index contributed by atoms with van der Waals surface area (Å²) in [5.74, 6) is -2.22. The number of esters is 2. The second-order valence-corrected chi connectivity index (χ2v) is 6.47. The van der Waals surface area contributed by atoms with Gasteiger partial charge in [-0.05, 0) is 58.9 Å². The fraction of sp³-hybridized carbons (Fsp3) is 0.429. The number of ketones is 2. The van der Waals surface area contributed by atoms with Crippen LogP contribution < -0.4 is 0 Å². The molecular weight excluding hydrogens is 380 g/mol. The molecular formula is C21H26O8. The Bertz CT molecular complexity index is 800. The van der Waals surface area contributed by atoms with E-state index in [1.54, 1.807) is 26.0 Å². The van der Waals surface area contributed by atoms with Crippen LogP contribution in [0.2, 0.25) is 0 Å². The van der Waals surface area contributed by atoms with Gasteiger partial charge in [-0.3, -0.25) is 19.2 Å². The first kappa shape index (κ1) is 23.9. The Balaban J connectivity index is 0.000000291. The van der Waals surface area contributed by atoms with Crippen molar-refractivity contribution in [3.8, 4) is 0 Å². The lowest BCUT2D eigenvalue weighted by Crippen LogP contribution is -2.35. The number of ether oxygens (including phenoxy) is 2. The van der Waals surface area contributed by atoms with Crippen LogP contribution in [0.1, 0.15) is 55.7 Å². The van der Waals surface area contributed by atoms with Gasteiger partial charge >= 0.3 is 11.9 Å². The maximum absolute atomic E-state index is 11.8. The van der Waals surface area contributed by atoms with Crippen LogP contribution in [0.25, 0.3) is 0 Å². The molecule has 1 atom stereocenters. The summed E-state index contributed by atoms with van der Waals surface area (Å²) in [4.78, 5) is 46.1. The van der Waals surface area contributed by atoms with Gasteiger partial charge in [-0.25, -0.2) is 0 Å². The minimum absolute atomic E-state index is 0.174. The Kier molecular flexibility index (Phi) is 9.05. The molecule has 0 aromatic carbocycles. The normalized spacial score (nSPS) is 11.6. The maximum atomic E-state index is 11.8. The molecule has 0 N–H and O–H groups in total. The fourth-order valence-electron chi connectivity index (χ4n) is 2.13. The smallest absolute Gasteiger partial charge is 0.319 e. The van der Waals surface area contributed by atoms with Gasteiger partial charge in [-0.1, -0.05) is 0 Å². The van der Waals surface area contributed by atoms with Gasteiger partial charge in [0.2, 0.25) is 11.6 Å². The van der Waals surface area contributed by atoms with Crippen LogP contribution in [0.3, 0.4) is 0 Å². The van der Waals surface area contributed by atoms with Gasteiger partial charge in [0.25, 0.3) is 0 Å². The third kappa shape index (κ3) is 6.44. The van der Waals surface area contributed by atoms with E-state index in [4.69, 9.17) is 18.3 Å². The van der Waals surface area contributed by atoms with E-state index in [0.717, 1.165) is 0 Å². The highest BCUT2D eigenvalue weighted by Crippen LogP contribution is 2.23. The van der Waals surface area contributed by atoms with Gasteiger partial charge in [-0.15, -0.1) is 0 Å². The third-order valence-electron chi connectivity index (χ3n) is 3.90. The number of rotatable bonds is 8. The van der Waals surface area contributed by atoms with Crippen LogP contribution in [0.5, 0.6) is 0 Å². The zero-order valence-electron chi connectivity index (χ0n) is 17.2. The molecule has 0 saturated heterocycles. The number of Topliss-reactive ketones (excluding diaryl/α,β-unsaturated/α-hetero) is 2. The average molecular weight is 406 g/mol. The summed E-state index contributed by atoms with van der Waals surface area (Å²) in [5, 5.41) is 0. The Morgan fingerprint density at radius 1 is 0.931 bits per heavy atom. The van der Waals surface area contributed by atoms with E-state index in [0.29, 0.717) is 0 Å². The number of carbonyl (C=O) groups excluding carboxylic acids is 4. The predicted molar refractivity (Wildman–Crippen MR) is 102 cm³/mol. The summed E-state index contributed by atoms with van der Waals surface area (Å²) >= 11 is 0. The SMILES string of the molecule is CCOC(=O)C(C)(C)C(=O)c1ccco1.CCOC(=O)C(C)C(=O)c1ccco1. The molecule has 2 aromatic heterocycles. The molecule has 8 nitrogen and oxygen atoms in total. The molecule has 158 valence electrons. The van der Waals surface area contributed by atoms with Crippen LogP contribution in [-0.2, 0) is 19.1 Å². The first-order valence-corrected chi connectivity index (χ1v) is 9.16. The van der Waals surface area contributed by atoms with Crippen molar-refractivity contribution in [2.75, 3.05) is 13.2 Å². The molecule has 0 saturated carbocycles. The molecule has 2 rings (SSSR count). The Hall–Kier alpha value is -3.16. The Morgan fingerprint density at radius 3 is 1.90 bits per heavy atom. The van der Waals surface area contributed by atoms with Crippen molar-refractivity contribution in [3.63, 3.8) is 0 Å². The first-order valence-electron chi connectivity index (χ1n) is 9.16. The summed E-state index contributed by atoms with van der Waals surface area (Å²) in [6, 6.07) is 6.26. The van der Waals surface area contributed by atoms with Crippen molar-refractivity contribution >= 4 is 23.5 Å². The molecule has 0 aliphatic carbocycles.